The third kappa shape index (κ3) is 5.56. The minimum atomic E-state index is -3.54. The van der Waals surface area contributed by atoms with Gasteiger partial charge < -0.3 is 5.32 Å². The SMILES string of the molecule is Cc1ccc(NC(=O)CN(Cc2ccccc2C)S(C)(=O)=O)cc1Cl. The summed E-state index contributed by atoms with van der Waals surface area (Å²) >= 11 is 6.04. The first-order valence-electron chi connectivity index (χ1n) is 7.72. The van der Waals surface area contributed by atoms with Gasteiger partial charge in [0.25, 0.3) is 0 Å². The van der Waals surface area contributed by atoms with Crippen LogP contribution >= 0.6 is 11.6 Å². The molecule has 0 saturated carbocycles. The van der Waals surface area contributed by atoms with E-state index in [-0.39, 0.29) is 13.1 Å². The Morgan fingerprint density at radius 1 is 1.12 bits per heavy atom. The van der Waals surface area contributed by atoms with Crippen LogP contribution in [0.5, 0.6) is 0 Å². The van der Waals surface area contributed by atoms with E-state index in [9.17, 15) is 13.2 Å². The Morgan fingerprint density at radius 3 is 2.40 bits per heavy atom. The summed E-state index contributed by atoms with van der Waals surface area (Å²) in [5, 5.41) is 3.22. The van der Waals surface area contributed by atoms with Crippen molar-refractivity contribution in [3.05, 3.63) is 64.2 Å². The van der Waals surface area contributed by atoms with Crippen LogP contribution in [-0.2, 0) is 21.4 Å². The second kappa shape index (κ2) is 7.99. The summed E-state index contributed by atoms with van der Waals surface area (Å²) in [6.45, 7) is 3.65. The molecule has 7 heteroatoms. The van der Waals surface area contributed by atoms with E-state index in [1.54, 1.807) is 18.2 Å². The maximum atomic E-state index is 12.3. The molecule has 0 aliphatic heterocycles. The predicted molar refractivity (Wildman–Crippen MR) is 101 cm³/mol. The maximum Gasteiger partial charge on any atom is 0.239 e. The molecule has 0 spiro atoms. The molecule has 0 bridgehead atoms. The van der Waals surface area contributed by atoms with Crippen molar-refractivity contribution in [2.24, 2.45) is 0 Å². The summed E-state index contributed by atoms with van der Waals surface area (Å²) in [6.07, 6.45) is 1.10. The smallest absolute Gasteiger partial charge is 0.239 e. The van der Waals surface area contributed by atoms with Gasteiger partial charge in [-0.05, 0) is 42.7 Å². The summed E-state index contributed by atoms with van der Waals surface area (Å²) in [5.41, 5.74) is 3.27. The normalized spacial score (nSPS) is 11.6. The van der Waals surface area contributed by atoms with Gasteiger partial charge in [-0.2, -0.15) is 4.31 Å². The molecular formula is C18H21ClN2O3S. The summed E-state index contributed by atoms with van der Waals surface area (Å²) in [6, 6.07) is 12.6. The molecule has 0 aliphatic carbocycles. The lowest BCUT2D eigenvalue weighted by Gasteiger charge is -2.20. The molecule has 5 nitrogen and oxygen atoms in total. The van der Waals surface area contributed by atoms with Gasteiger partial charge in [-0.25, -0.2) is 8.42 Å². The zero-order valence-corrected chi connectivity index (χ0v) is 16.0. The van der Waals surface area contributed by atoms with Crippen molar-refractivity contribution < 1.29 is 13.2 Å². The molecule has 0 radical (unpaired) electrons. The molecule has 0 saturated heterocycles. The highest BCUT2D eigenvalue weighted by molar-refractivity contribution is 7.88. The number of hydrogen-bond donors (Lipinski definition) is 1. The van der Waals surface area contributed by atoms with Crippen molar-refractivity contribution in [1.82, 2.24) is 4.31 Å². The Bertz CT molecular complexity index is 882. The van der Waals surface area contributed by atoms with Crippen molar-refractivity contribution in [2.45, 2.75) is 20.4 Å². The van der Waals surface area contributed by atoms with Crippen molar-refractivity contribution >= 4 is 33.2 Å². The zero-order valence-electron chi connectivity index (χ0n) is 14.4. The number of sulfonamides is 1. The van der Waals surface area contributed by atoms with Gasteiger partial charge in [0.2, 0.25) is 15.9 Å². The fraction of sp³-hybridized carbons (Fsp3) is 0.278. The largest absolute Gasteiger partial charge is 0.325 e. The van der Waals surface area contributed by atoms with Gasteiger partial charge in [0.05, 0.1) is 12.8 Å². The number of halogens is 1. The van der Waals surface area contributed by atoms with E-state index in [1.807, 2.05) is 38.1 Å². The third-order valence-electron chi connectivity index (χ3n) is 3.85. The molecule has 2 aromatic rings. The molecule has 0 unspecified atom stereocenters. The fourth-order valence-electron chi connectivity index (χ4n) is 2.30. The number of anilines is 1. The maximum absolute atomic E-state index is 12.3. The fourth-order valence-corrected chi connectivity index (χ4v) is 3.21. The van der Waals surface area contributed by atoms with E-state index in [0.717, 1.165) is 27.3 Å². The molecule has 0 aliphatic rings. The number of amides is 1. The summed E-state index contributed by atoms with van der Waals surface area (Å²) in [5.74, 6) is -0.418. The van der Waals surface area contributed by atoms with Crippen LogP contribution in [0.1, 0.15) is 16.7 Å². The summed E-state index contributed by atoms with van der Waals surface area (Å²) in [7, 11) is -3.54. The average molecular weight is 381 g/mol. The first kappa shape index (κ1) is 19.4. The third-order valence-corrected chi connectivity index (χ3v) is 5.46. The molecule has 1 N–H and O–H groups in total. The van der Waals surface area contributed by atoms with Crippen molar-refractivity contribution in [3.63, 3.8) is 0 Å². The van der Waals surface area contributed by atoms with Crippen LogP contribution in [0.3, 0.4) is 0 Å². The van der Waals surface area contributed by atoms with Gasteiger partial charge >= 0.3 is 0 Å². The molecule has 2 aromatic carbocycles. The van der Waals surface area contributed by atoms with Gasteiger partial charge in [-0.15, -0.1) is 0 Å². The molecule has 1 amide bonds. The predicted octanol–water partition coefficient (Wildman–Crippen LogP) is 3.36. The topological polar surface area (TPSA) is 66.5 Å². The van der Waals surface area contributed by atoms with Crippen molar-refractivity contribution in [1.29, 1.82) is 0 Å². The van der Waals surface area contributed by atoms with E-state index in [0.29, 0.717) is 10.7 Å². The van der Waals surface area contributed by atoms with Crippen molar-refractivity contribution in [2.75, 3.05) is 18.1 Å². The highest BCUT2D eigenvalue weighted by Gasteiger charge is 2.21. The van der Waals surface area contributed by atoms with E-state index >= 15 is 0 Å². The Balaban J connectivity index is 2.13. The number of aryl methyl sites for hydroxylation is 2. The lowest BCUT2D eigenvalue weighted by atomic mass is 10.1. The van der Waals surface area contributed by atoms with Crippen LogP contribution in [0.4, 0.5) is 5.69 Å². The number of carbonyl (C=O) groups excluding carboxylic acids is 1. The number of nitrogens with one attached hydrogen (secondary N) is 1. The molecule has 2 rings (SSSR count). The standard InChI is InChI=1S/C18H21ClN2O3S/c1-13-6-4-5-7-15(13)11-21(25(3,23)24)12-18(22)20-16-9-8-14(2)17(19)10-16/h4-10H,11-12H2,1-3H3,(H,20,22). The van der Waals surface area contributed by atoms with Crippen LogP contribution in [0, 0.1) is 13.8 Å². The minimum absolute atomic E-state index is 0.146. The van der Waals surface area contributed by atoms with Crippen LogP contribution in [-0.4, -0.2) is 31.4 Å². The van der Waals surface area contributed by atoms with E-state index in [4.69, 9.17) is 11.6 Å². The van der Waals surface area contributed by atoms with Crippen LogP contribution in [0.25, 0.3) is 0 Å². The molecule has 134 valence electrons. The number of rotatable bonds is 6. The van der Waals surface area contributed by atoms with Gasteiger partial charge in [-0.1, -0.05) is 41.9 Å². The molecule has 0 atom stereocenters. The summed E-state index contributed by atoms with van der Waals surface area (Å²) in [4.78, 5) is 12.3. The molecule has 0 heterocycles. The van der Waals surface area contributed by atoms with Gasteiger partial charge in [0.1, 0.15) is 0 Å². The van der Waals surface area contributed by atoms with E-state index in [1.165, 1.54) is 0 Å². The quantitative estimate of drug-likeness (QED) is 0.835. The molecule has 0 fully saturated rings. The first-order chi connectivity index (χ1) is 11.7. The lowest BCUT2D eigenvalue weighted by Crippen LogP contribution is -2.37. The second-order valence-electron chi connectivity index (χ2n) is 5.97. The van der Waals surface area contributed by atoms with Crippen LogP contribution < -0.4 is 5.32 Å². The van der Waals surface area contributed by atoms with E-state index < -0.39 is 15.9 Å². The monoisotopic (exact) mass is 380 g/mol. The second-order valence-corrected chi connectivity index (χ2v) is 8.36. The Hall–Kier alpha value is -1.89. The lowest BCUT2D eigenvalue weighted by molar-refractivity contribution is -0.116. The van der Waals surface area contributed by atoms with Crippen LogP contribution in [0.2, 0.25) is 5.02 Å². The molecule has 25 heavy (non-hydrogen) atoms. The minimum Gasteiger partial charge on any atom is -0.325 e. The Morgan fingerprint density at radius 2 is 1.80 bits per heavy atom. The average Bonchev–Trinajstić information content (AvgIpc) is 2.51. The van der Waals surface area contributed by atoms with Gasteiger partial charge in [0, 0.05) is 17.3 Å². The number of hydrogen-bond acceptors (Lipinski definition) is 3. The number of benzene rings is 2. The van der Waals surface area contributed by atoms with Gasteiger partial charge in [-0.3, -0.25) is 4.79 Å². The van der Waals surface area contributed by atoms with Crippen molar-refractivity contribution in [3.8, 4) is 0 Å². The highest BCUT2D eigenvalue weighted by Crippen LogP contribution is 2.20. The van der Waals surface area contributed by atoms with E-state index in [2.05, 4.69) is 5.32 Å². The Labute approximate surface area is 153 Å². The van der Waals surface area contributed by atoms with Gasteiger partial charge in [0.15, 0.2) is 0 Å². The highest BCUT2D eigenvalue weighted by atomic mass is 35.5. The number of carbonyl (C=O) groups is 1. The molecular weight excluding hydrogens is 360 g/mol. The zero-order chi connectivity index (χ0) is 18.6. The Kier molecular flexibility index (Phi) is 6.21. The van der Waals surface area contributed by atoms with Crippen LogP contribution in [0.15, 0.2) is 42.5 Å². The summed E-state index contributed by atoms with van der Waals surface area (Å²) < 4.78 is 25.3. The first-order valence-corrected chi connectivity index (χ1v) is 9.95. The number of nitrogens with zero attached hydrogens (tertiary/aromatic N) is 1. The molecule has 0 aromatic heterocycles.